The Hall–Kier alpha value is -1.66. The molecule has 0 aromatic heterocycles. The maximum atomic E-state index is 12.1. The summed E-state index contributed by atoms with van der Waals surface area (Å²) in [5, 5.41) is 2.76. The Balaban J connectivity index is 0.00000400. The van der Waals surface area contributed by atoms with Gasteiger partial charge in [0.15, 0.2) is 11.5 Å². The highest BCUT2D eigenvalue weighted by Gasteiger charge is 2.18. The summed E-state index contributed by atoms with van der Waals surface area (Å²) in [7, 11) is 4.51. The molecule has 1 aromatic carbocycles. The number of nitrogens with two attached hydrogens (primary N) is 1. The van der Waals surface area contributed by atoms with Crippen LogP contribution in [0.15, 0.2) is 12.1 Å². The van der Waals surface area contributed by atoms with Crippen molar-refractivity contribution in [2.45, 2.75) is 19.4 Å². The molecule has 0 fully saturated rings. The van der Waals surface area contributed by atoms with Crippen molar-refractivity contribution in [1.82, 2.24) is 5.32 Å². The van der Waals surface area contributed by atoms with Crippen LogP contribution in [0.5, 0.6) is 17.2 Å². The summed E-state index contributed by atoms with van der Waals surface area (Å²) in [6.07, 6.45) is 0. The fourth-order valence-corrected chi connectivity index (χ4v) is 1.62. The first kappa shape index (κ1) is 19.3. The van der Waals surface area contributed by atoms with Gasteiger partial charge in [0.05, 0.1) is 21.3 Å². The van der Waals surface area contributed by atoms with Gasteiger partial charge in [-0.3, -0.25) is 4.79 Å². The van der Waals surface area contributed by atoms with E-state index in [1.807, 2.05) is 13.8 Å². The van der Waals surface area contributed by atoms with E-state index in [1.165, 1.54) is 21.3 Å². The first-order valence-corrected chi connectivity index (χ1v) is 6.19. The molecule has 6 nitrogen and oxygen atoms in total. The molecule has 0 spiro atoms. The molecule has 0 bridgehead atoms. The Labute approximate surface area is 131 Å². The standard InChI is InChI=1S/C14H22N2O4.ClH/c1-14(2,15)8-16-13(17)9-6-10(18-3)12(20-5)11(7-9)19-4;/h6-7H,8,15H2,1-5H3,(H,16,17);1H. The van der Waals surface area contributed by atoms with E-state index in [0.29, 0.717) is 29.4 Å². The molecule has 0 heterocycles. The van der Waals surface area contributed by atoms with Crippen molar-refractivity contribution < 1.29 is 19.0 Å². The number of rotatable bonds is 6. The molecule has 0 aliphatic rings. The molecule has 21 heavy (non-hydrogen) atoms. The molecule has 0 radical (unpaired) electrons. The monoisotopic (exact) mass is 318 g/mol. The predicted molar refractivity (Wildman–Crippen MR) is 83.9 cm³/mol. The number of carbonyl (C=O) groups is 1. The van der Waals surface area contributed by atoms with E-state index < -0.39 is 5.54 Å². The fourth-order valence-electron chi connectivity index (χ4n) is 1.62. The largest absolute Gasteiger partial charge is 0.493 e. The summed E-state index contributed by atoms with van der Waals surface area (Å²) in [5.41, 5.74) is 5.78. The Morgan fingerprint density at radius 1 is 1.14 bits per heavy atom. The second-order valence-electron chi connectivity index (χ2n) is 5.09. The molecule has 1 amide bonds. The molecule has 1 aromatic rings. The maximum Gasteiger partial charge on any atom is 0.251 e. The van der Waals surface area contributed by atoms with E-state index >= 15 is 0 Å². The molecule has 1 rings (SSSR count). The van der Waals surface area contributed by atoms with Crippen LogP contribution in [-0.2, 0) is 0 Å². The Bertz CT molecular complexity index is 461. The van der Waals surface area contributed by atoms with Gasteiger partial charge in [-0.1, -0.05) is 0 Å². The summed E-state index contributed by atoms with van der Waals surface area (Å²) in [6.45, 7) is 4.04. The van der Waals surface area contributed by atoms with Crippen LogP contribution in [0.25, 0.3) is 0 Å². The highest BCUT2D eigenvalue weighted by atomic mass is 35.5. The van der Waals surface area contributed by atoms with E-state index in [-0.39, 0.29) is 18.3 Å². The van der Waals surface area contributed by atoms with Crippen LogP contribution in [-0.4, -0.2) is 39.3 Å². The Morgan fingerprint density at radius 2 is 1.62 bits per heavy atom. The van der Waals surface area contributed by atoms with E-state index in [9.17, 15) is 4.79 Å². The third-order valence-electron chi connectivity index (χ3n) is 2.63. The molecule has 0 unspecified atom stereocenters. The lowest BCUT2D eigenvalue weighted by atomic mass is 10.1. The molecule has 3 N–H and O–H groups in total. The number of carbonyl (C=O) groups excluding carboxylic acids is 1. The van der Waals surface area contributed by atoms with E-state index in [2.05, 4.69) is 5.32 Å². The predicted octanol–water partition coefficient (Wildman–Crippen LogP) is 1.60. The number of nitrogens with one attached hydrogen (secondary N) is 1. The van der Waals surface area contributed by atoms with Crippen molar-refractivity contribution in [3.63, 3.8) is 0 Å². The van der Waals surface area contributed by atoms with Crippen LogP contribution in [0.3, 0.4) is 0 Å². The van der Waals surface area contributed by atoms with Crippen molar-refractivity contribution in [2.24, 2.45) is 5.73 Å². The van der Waals surface area contributed by atoms with E-state index in [4.69, 9.17) is 19.9 Å². The van der Waals surface area contributed by atoms with Gasteiger partial charge in [0.2, 0.25) is 5.75 Å². The highest BCUT2D eigenvalue weighted by Crippen LogP contribution is 2.38. The van der Waals surface area contributed by atoms with Crippen molar-refractivity contribution in [2.75, 3.05) is 27.9 Å². The van der Waals surface area contributed by atoms with E-state index in [1.54, 1.807) is 12.1 Å². The van der Waals surface area contributed by atoms with Crippen molar-refractivity contribution in [3.8, 4) is 17.2 Å². The summed E-state index contributed by atoms with van der Waals surface area (Å²) in [5.74, 6) is 1.07. The normalized spacial score (nSPS) is 10.4. The van der Waals surface area contributed by atoms with Crippen molar-refractivity contribution in [3.05, 3.63) is 17.7 Å². The number of hydrogen-bond acceptors (Lipinski definition) is 5. The molecule has 7 heteroatoms. The number of amides is 1. The van der Waals surface area contributed by atoms with Gasteiger partial charge in [-0.2, -0.15) is 0 Å². The van der Waals surface area contributed by atoms with Crippen LogP contribution in [0.4, 0.5) is 0 Å². The Kier molecular flexibility index (Phi) is 7.32. The first-order valence-electron chi connectivity index (χ1n) is 6.19. The quantitative estimate of drug-likeness (QED) is 0.832. The zero-order valence-corrected chi connectivity index (χ0v) is 13.8. The van der Waals surface area contributed by atoms with Crippen LogP contribution in [0.2, 0.25) is 0 Å². The van der Waals surface area contributed by atoms with Crippen LogP contribution >= 0.6 is 12.4 Å². The smallest absolute Gasteiger partial charge is 0.251 e. The molecule has 0 aliphatic carbocycles. The minimum atomic E-state index is -0.476. The maximum absolute atomic E-state index is 12.1. The number of hydrogen-bond donors (Lipinski definition) is 2. The van der Waals surface area contributed by atoms with Gasteiger partial charge in [-0.25, -0.2) is 0 Å². The Morgan fingerprint density at radius 3 is 1.95 bits per heavy atom. The summed E-state index contributed by atoms with van der Waals surface area (Å²) in [6, 6.07) is 3.19. The average molecular weight is 319 g/mol. The lowest BCUT2D eigenvalue weighted by Gasteiger charge is -2.19. The molecular weight excluding hydrogens is 296 g/mol. The van der Waals surface area contributed by atoms with Gasteiger partial charge in [-0.15, -0.1) is 12.4 Å². The fraction of sp³-hybridized carbons (Fsp3) is 0.500. The second kappa shape index (κ2) is 7.95. The lowest BCUT2D eigenvalue weighted by molar-refractivity contribution is 0.0945. The topological polar surface area (TPSA) is 82.8 Å². The summed E-state index contributed by atoms with van der Waals surface area (Å²) in [4.78, 5) is 12.1. The van der Waals surface area contributed by atoms with Crippen LogP contribution < -0.4 is 25.3 Å². The minimum Gasteiger partial charge on any atom is -0.493 e. The zero-order valence-electron chi connectivity index (χ0n) is 13.0. The van der Waals surface area contributed by atoms with Gasteiger partial charge < -0.3 is 25.3 Å². The third kappa shape index (κ3) is 5.32. The number of methoxy groups -OCH3 is 3. The minimum absolute atomic E-state index is 0. The summed E-state index contributed by atoms with van der Waals surface area (Å²) >= 11 is 0. The number of benzene rings is 1. The van der Waals surface area contributed by atoms with Crippen LogP contribution in [0, 0.1) is 0 Å². The average Bonchev–Trinajstić information content (AvgIpc) is 2.42. The first-order chi connectivity index (χ1) is 9.32. The van der Waals surface area contributed by atoms with Crippen molar-refractivity contribution >= 4 is 18.3 Å². The second-order valence-corrected chi connectivity index (χ2v) is 5.09. The van der Waals surface area contributed by atoms with Crippen molar-refractivity contribution in [1.29, 1.82) is 0 Å². The van der Waals surface area contributed by atoms with Gasteiger partial charge in [0.25, 0.3) is 5.91 Å². The highest BCUT2D eigenvalue weighted by molar-refractivity contribution is 5.95. The zero-order chi connectivity index (χ0) is 15.3. The molecule has 0 atom stereocenters. The van der Waals surface area contributed by atoms with Gasteiger partial charge in [0, 0.05) is 17.6 Å². The van der Waals surface area contributed by atoms with E-state index in [0.717, 1.165) is 0 Å². The summed E-state index contributed by atoms with van der Waals surface area (Å²) < 4.78 is 15.6. The molecule has 0 aliphatic heterocycles. The lowest BCUT2D eigenvalue weighted by Crippen LogP contribution is -2.45. The molecule has 0 saturated heterocycles. The van der Waals surface area contributed by atoms with Gasteiger partial charge in [-0.05, 0) is 26.0 Å². The van der Waals surface area contributed by atoms with Gasteiger partial charge in [0.1, 0.15) is 0 Å². The molecule has 120 valence electrons. The molecular formula is C14H23ClN2O4. The SMILES string of the molecule is COc1cc(C(=O)NCC(C)(C)N)cc(OC)c1OC.Cl. The number of ether oxygens (including phenoxy) is 3. The molecule has 0 saturated carbocycles. The third-order valence-corrected chi connectivity index (χ3v) is 2.63. The number of halogens is 1. The van der Waals surface area contributed by atoms with Gasteiger partial charge >= 0.3 is 0 Å². The van der Waals surface area contributed by atoms with Crippen LogP contribution in [0.1, 0.15) is 24.2 Å².